The smallest absolute Gasteiger partial charge is 0.163 e. The number of ketones is 1. The standard InChI is InChI=1S/C22H17ClN2O3S/c1-13-3-2-4-18(23)17(13)9-16(26)12-29-22-15(11-24)7-14-8-20-21(10-19(14)25-22)28-6-5-27-20/h2-4,7-8,10H,5-6,9,12H2,1H3. The fourth-order valence-electron chi connectivity index (χ4n) is 3.17. The van der Waals surface area contributed by atoms with Crippen molar-refractivity contribution in [2.75, 3.05) is 19.0 Å². The third kappa shape index (κ3) is 4.16. The Morgan fingerprint density at radius 2 is 2.00 bits per heavy atom. The number of rotatable bonds is 5. The quantitative estimate of drug-likeness (QED) is 0.550. The van der Waals surface area contributed by atoms with Gasteiger partial charge < -0.3 is 9.47 Å². The fraction of sp³-hybridized carbons (Fsp3) is 0.227. The van der Waals surface area contributed by atoms with E-state index in [1.54, 1.807) is 12.1 Å². The summed E-state index contributed by atoms with van der Waals surface area (Å²) in [6.45, 7) is 2.93. The largest absolute Gasteiger partial charge is 0.486 e. The van der Waals surface area contributed by atoms with Gasteiger partial charge in [-0.05, 0) is 36.2 Å². The first-order chi connectivity index (χ1) is 14.0. The van der Waals surface area contributed by atoms with Crippen LogP contribution in [-0.4, -0.2) is 29.7 Å². The lowest BCUT2D eigenvalue weighted by molar-refractivity contribution is -0.116. The number of carbonyl (C=O) groups is 1. The van der Waals surface area contributed by atoms with E-state index < -0.39 is 0 Å². The van der Waals surface area contributed by atoms with E-state index in [4.69, 9.17) is 21.1 Å². The summed E-state index contributed by atoms with van der Waals surface area (Å²) in [6, 6.07) is 13.2. The number of nitriles is 1. The van der Waals surface area contributed by atoms with Crippen LogP contribution in [0, 0.1) is 18.3 Å². The van der Waals surface area contributed by atoms with E-state index in [-0.39, 0.29) is 18.0 Å². The van der Waals surface area contributed by atoms with Crippen LogP contribution in [0.1, 0.15) is 16.7 Å². The molecule has 0 fully saturated rings. The van der Waals surface area contributed by atoms with E-state index >= 15 is 0 Å². The van der Waals surface area contributed by atoms with Crippen molar-refractivity contribution >= 4 is 40.0 Å². The van der Waals surface area contributed by atoms with Gasteiger partial charge in [0.2, 0.25) is 0 Å². The number of hydrogen-bond donors (Lipinski definition) is 0. The summed E-state index contributed by atoms with van der Waals surface area (Å²) in [6.07, 6.45) is 0.257. The van der Waals surface area contributed by atoms with Crippen molar-refractivity contribution in [3.8, 4) is 17.6 Å². The number of nitrogens with zero attached hydrogens (tertiary/aromatic N) is 2. The predicted octanol–water partition coefficient (Wildman–Crippen LogP) is 4.74. The third-order valence-corrected chi connectivity index (χ3v) is 6.07. The number of aryl methyl sites for hydroxylation is 1. The Labute approximate surface area is 177 Å². The van der Waals surface area contributed by atoms with Gasteiger partial charge in [0.25, 0.3) is 0 Å². The monoisotopic (exact) mass is 424 g/mol. The number of thioether (sulfide) groups is 1. The van der Waals surface area contributed by atoms with Crippen molar-refractivity contribution in [2.24, 2.45) is 0 Å². The molecule has 5 nitrogen and oxygen atoms in total. The van der Waals surface area contributed by atoms with Crippen molar-refractivity contribution in [1.29, 1.82) is 5.26 Å². The summed E-state index contributed by atoms with van der Waals surface area (Å²) in [5, 5.41) is 11.5. The molecule has 0 aliphatic carbocycles. The Hall–Kier alpha value is -2.75. The first-order valence-corrected chi connectivity index (χ1v) is 10.4. The summed E-state index contributed by atoms with van der Waals surface area (Å²) in [5.74, 6) is 1.53. The minimum atomic E-state index is 0.0270. The van der Waals surface area contributed by atoms with Crippen molar-refractivity contribution in [3.05, 3.63) is 58.1 Å². The predicted molar refractivity (Wildman–Crippen MR) is 113 cm³/mol. The summed E-state index contributed by atoms with van der Waals surface area (Å²) in [7, 11) is 0. The average molecular weight is 425 g/mol. The molecular weight excluding hydrogens is 408 g/mol. The van der Waals surface area contributed by atoms with Crippen LogP contribution in [0.3, 0.4) is 0 Å². The van der Waals surface area contributed by atoms with E-state index in [1.807, 2.05) is 31.2 Å². The summed E-state index contributed by atoms with van der Waals surface area (Å²) in [4.78, 5) is 17.1. The lowest BCUT2D eigenvalue weighted by Crippen LogP contribution is -2.15. The number of benzene rings is 2. The molecule has 0 N–H and O–H groups in total. The minimum absolute atomic E-state index is 0.0270. The molecule has 7 heteroatoms. The normalized spacial score (nSPS) is 12.6. The molecule has 0 radical (unpaired) electrons. The Kier molecular flexibility index (Phi) is 5.61. The maximum absolute atomic E-state index is 12.5. The van der Waals surface area contributed by atoms with Crippen molar-refractivity contribution < 1.29 is 14.3 Å². The van der Waals surface area contributed by atoms with Gasteiger partial charge in [0.1, 0.15) is 30.1 Å². The van der Waals surface area contributed by atoms with Gasteiger partial charge in [-0.2, -0.15) is 5.26 Å². The molecule has 0 amide bonds. The molecule has 146 valence electrons. The zero-order valence-corrected chi connectivity index (χ0v) is 17.3. The molecule has 0 saturated carbocycles. The van der Waals surface area contributed by atoms with Gasteiger partial charge in [-0.25, -0.2) is 4.98 Å². The van der Waals surface area contributed by atoms with E-state index in [2.05, 4.69) is 11.1 Å². The summed E-state index contributed by atoms with van der Waals surface area (Å²) in [5.41, 5.74) is 2.96. The highest BCUT2D eigenvalue weighted by Gasteiger charge is 2.17. The number of halogens is 1. The van der Waals surface area contributed by atoms with Gasteiger partial charge >= 0.3 is 0 Å². The van der Waals surface area contributed by atoms with Gasteiger partial charge in [0, 0.05) is 22.9 Å². The second-order valence-corrected chi connectivity index (χ2v) is 8.05. The first kappa shape index (κ1) is 19.6. The minimum Gasteiger partial charge on any atom is -0.486 e. The molecule has 0 spiro atoms. The van der Waals surface area contributed by atoms with E-state index in [0.717, 1.165) is 16.5 Å². The van der Waals surface area contributed by atoms with Gasteiger partial charge in [-0.1, -0.05) is 35.5 Å². The zero-order chi connectivity index (χ0) is 20.4. The SMILES string of the molecule is Cc1cccc(Cl)c1CC(=O)CSc1nc2cc3c(cc2cc1C#N)OCCO3. The van der Waals surface area contributed by atoms with Gasteiger partial charge in [-0.3, -0.25) is 4.79 Å². The molecule has 2 heterocycles. The molecule has 0 bridgehead atoms. The highest BCUT2D eigenvalue weighted by molar-refractivity contribution is 8.00. The highest BCUT2D eigenvalue weighted by atomic mass is 35.5. The van der Waals surface area contributed by atoms with E-state index in [1.165, 1.54) is 11.8 Å². The highest BCUT2D eigenvalue weighted by Crippen LogP contribution is 2.35. The lowest BCUT2D eigenvalue weighted by atomic mass is 10.0. The molecule has 29 heavy (non-hydrogen) atoms. The number of fused-ring (bicyclic) bond motifs is 2. The molecule has 3 aromatic rings. The number of pyridine rings is 1. The maximum Gasteiger partial charge on any atom is 0.163 e. The average Bonchev–Trinajstić information content (AvgIpc) is 2.72. The molecule has 0 saturated heterocycles. The topological polar surface area (TPSA) is 72.2 Å². The maximum atomic E-state index is 12.5. The molecular formula is C22H17ClN2O3S. The van der Waals surface area contributed by atoms with Crippen LogP contribution in [-0.2, 0) is 11.2 Å². The van der Waals surface area contributed by atoms with Crippen LogP contribution in [0.25, 0.3) is 10.9 Å². The van der Waals surface area contributed by atoms with Crippen LogP contribution in [0.2, 0.25) is 5.02 Å². The van der Waals surface area contributed by atoms with E-state index in [0.29, 0.717) is 45.8 Å². The Morgan fingerprint density at radius 3 is 2.72 bits per heavy atom. The van der Waals surface area contributed by atoms with Crippen LogP contribution < -0.4 is 9.47 Å². The van der Waals surface area contributed by atoms with Gasteiger partial charge in [-0.15, -0.1) is 0 Å². The van der Waals surface area contributed by atoms with Crippen LogP contribution in [0.15, 0.2) is 41.4 Å². The van der Waals surface area contributed by atoms with Crippen molar-refractivity contribution in [1.82, 2.24) is 4.98 Å². The van der Waals surface area contributed by atoms with Gasteiger partial charge in [0.05, 0.1) is 16.8 Å². The molecule has 1 aliphatic rings. The Balaban J connectivity index is 1.55. The summed E-state index contributed by atoms with van der Waals surface area (Å²) >= 11 is 7.49. The number of aromatic nitrogens is 1. The molecule has 0 atom stereocenters. The van der Waals surface area contributed by atoms with Crippen LogP contribution >= 0.6 is 23.4 Å². The molecule has 4 rings (SSSR count). The second kappa shape index (κ2) is 8.32. The van der Waals surface area contributed by atoms with Crippen molar-refractivity contribution in [2.45, 2.75) is 18.4 Å². The molecule has 1 aromatic heterocycles. The summed E-state index contributed by atoms with van der Waals surface area (Å²) < 4.78 is 11.2. The van der Waals surface area contributed by atoms with Gasteiger partial charge in [0.15, 0.2) is 11.5 Å². The zero-order valence-electron chi connectivity index (χ0n) is 15.7. The number of hydrogen-bond acceptors (Lipinski definition) is 6. The Bertz CT molecular complexity index is 1140. The van der Waals surface area contributed by atoms with E-state index in [9.17, 15) is 10.1 Å². The fourth-order valence-corrected chi connectivity index (χ4v) is 4.28. The number of Topliss-reactive ketones (excluding diaryl/α,β-unsaturated/α-hetero) is 1. The number of ether oxygens (including phenoxy) is 2. The lowest BCUT2D eigenvalue weighted by Gasteiger charge is -2.18. The molecule has 2 aromatic carbocycles. The first-order valence-electron chi connectivity index (χ1n) is 9.08. The number of carbonyl (C=O) groups excluding carboxylic acids is 1. The molecule has 1 aliphatic heterocycles. The molecule has 0 unspecified atom stereocenters. The van der Waals surface area contributed by atoms with Crippen LogP contribution in [0.5, 0.6) is 11.5 Å². The second-order valence-electron chi connectivity index (χ2n) is 6.68. The van der Waals surface area contributed by atoms with Crippen LogP contribution in [0.4, 0.5) is 0 Å². The Morgan fingerprint density at radius 1 is 1.24 bits per heavy atom. The third-order valence-electron chi connectivity index (χ3n) is 4.66. The van der Waals surface area contributed by atoms with Crippen molar-refractivity contribution in [3.63, 3.8) is 0 Å².